The second kappa shape index (κ2) is 9.42. The smallest absolute Gasteiger partial charge is 0.318 e. The first-order chi connectivity index (χ1) is 17.7. The highest BCUT2D eigenvalue weighted by Crippen LogP contribution is 2.39. The van der Waals surface area contributed by atoms with Gasteiger partial charge in [0.2, 0.25) is 5.91 Å². The molecule has 1 fully saturated rings. The van der Waals surface area contributed by atoms with E-state index in [4.69, 9.17) is 4.74 Å². The Labute approximate surface area is 212 Å². The summed E-state index contributed by atoms with van der Waals surface area (Å²) in [5.41, 5.74) is 0.621. The summed E-state index contributed by atoms with van der Waals surface area (Å²) in [6.45, 7) is 6.79. The zero-order valence-electron chi connectivity index (χ0n) is 21.0. The fraction of sp³-hybridized carbons (Fsp3) is 0.333. The minimum absolute atomic E-state index is 0.000514. The first kappa shape index (κ1) is 24.6. The largest absolute Gasteiger partial charge is 0.508 e. The van der Waals surface area contributed by atoms with Crippen LogP contribution >= 0.6 is 0 Å². The number of phenols is 1. The van der Waals surface area contributed by atoms with Crippen molar-refractivity contribution in [3.63, 3.8) is 0 Å². The molecule has 2 aromatic carbocycles. The number of pyridine rings is 1. The van der Waals surface area contributed by atoms with Crippen LogP contribution in [0.3, 0.4) is 0 Å². The highest BCUT2D eigenvalue weighted by Gasteiger charge is 2.29. The lowest BCUT2D eigenvalue weighted by Crippen LogP contribution is -2.53. The van der Waals surface area contributed by atoms with Gasteiger partial charge in [-0.3, -0.25) is 9.78 Å². The number of benzene rings is 2. The Morgan fingerprint density at radius 1 is 1.22 bits per heavy atom. The molecule has 0 unspecified atom stereocenters. The van der Waals surface area contributed by atoms with Crippen LogP contribution in [0.2, 0.25) is 0 Å². The van der Waals surface area contributed by atoms with E-state index < -0.39 is 11.6 Å². The van der Waals surface area contributed by atoms with Crippen molar-refractivity contribution in [3.8, 4) is 23.0 Å². The lowest BCUT2D eigenvalue weighted by atomic mass is 9.94. The lowest BCUT2D eigenvalue weighted by molar-refractivity contribution is -0.131. The Morgan fingerprint density at radius 3 is 2.68 bits per heavy atom. The zero-order chi connectivity index (χ0) is 26.4. The summed E-state index contributed by atoms with van der Waals surface area (Å²) in [6.07, 6.45) is 1.87. The van der Waals surface area contributed by atoms with E-state index in [1.165, 1.54) is 38.4 Å². The number of aromatic nitrogens is 3. The third-order valence-electron chi connectivity index (χ3n) is 6.92. The predicted octanol–water partition coefficient (Wildman–Crippen LogP) is 4.46. The van der Waals surface area contributed by atoms with Crippen molar-refractivity contribution in [2.24, 2.45) is 0 Å². The number of halogens is 2. The van der Waals surface area contributed by atoms with Crippen LogP contribution in [0, 0.1) is 11.6 Å². The molecule has 1 aliphatic heterocycles. The molecule has 0 bridgehead atoms. The molecule has 0 spiro atoms. The number of piperazine rings is 1. The molecule has 4 aromatic rings. The van der Waals surface area contributed by atoms with E-state index in [2.05, 4.69) is 15.0 Å². The molecular weight excluding hydrogens is 480 g/mol. The number of phenolic OH excluding ortho intramolecular Hbond substituents is 1. The third-order valence-corrected chi connectivity index (χ3v) is 6.92. The first-order valence-corrected chi connectivity index (χ1v) is 12.1. The summed E-state index contributed by atoms with van der Waals surface area (Å²) in [4.78, 5) is 28.9. The number of methoxy groups -OCH3 is 1. The first-order valence-electron chi connectivity index (χ1n) is 12.1. The van der Waals surface area contributed by atoms with Crippen LogP contribution in [0.15, 0.2) is 30.5 Å². The molecule has 2 aromatic heterocycles. The summed E-state index contributed by atoms with van der Waals surface area (Å²) >= 11 is 0. The molecule has 0 aliphatic carbocycles. The quantitative estimate of drug-likeness (QED) is 0.436. The fourth-order valence-corrected chi connectivity index (χ4v) is 5.19. The molecule has 1 saturated heterocycles. The van der Waals surface area contributed by atoms with E-state index in [0.29, 0.717) is 53.6 Å². The Morgan fingerprint density at radius 2 is 2.00 bits per heavy atom. The molecule has 1 amide bonds. The van der Waals surface area contributed by atoms with E-state index >= 15 is 4.39 Å². The minimum Gasteiger partial charge on any atom is -0.508 e. The summed E-state index contributed by atoms with van der Waals surface area (Å²) in [6, 6.07) is 5.71. The number of nitrogens with zero attached hydrogens (tertiary/aromatic N) is 5. The van der Waals surface area contributed by atoms with Crippen LogP contribution < -0.4 is 9.64 Å². The summed E-state index contributed by atoms with van der Waals surface area (Å²) in [7, 11) is 1.40. The van der Waals surface area contributed by atoms with Crippen molar-refractivity contribution in [1.29, 1.82) is 0 Å². The van der Waals surface area contributed by atoms with Crippen LogP contribution in [-0.4, -0.2) is 63.7 Å². The third kappa shape index (κ3) is 4.16. The molecule has 1 atom stereocenters. The number of aryl methyl sites for hydroxylation is 1. The van der Waals surface area contributed by atoms with E-state index in [-0.39, 0.29) is 40.5 Å². The Hall–Kier alpha value is -4.08. The number of hydrogen-bond acceptors (Lipinski definition) is 7. The van der Waals surface area contributed by atoms with Gasteiger partial charge in [0.1, 0.15) is 28.6 Å². The maximum absolute atomic E-state index is 16.2. The SMILES string of the molecule is CCc1c(F)ccc2cc(O)cc(-c3ncc4c(N5CCN(C(C)=O)[C@H](C)C5)nc(OC)nc4c3F)c12. The van der Waals surface area contributed by atoms with Gasteiger partial charge >= 0.3 is 6.01 Å². The average molecular weight is 508 g/mol. The standard InChI is InChI=1S/C27H27F2N5O3/c1-5-18-21(28)7-6-16-10-17(36)11-19(22(16)18)24-23(29)25-20(12-30-24)26(32-27(31-25)37-4)33-8-9-34(15(3)35)14(2)13-33/h6-7,10-12,14,36H,5,8-9,13H2,1-4H3/t14-/m1/s1. The molecule has 1 N–H and O–H groups in total. The number of carbonyl (C=O) groups excluding carboxylic acids is 1. The summed E-state index contributed by atoms with van der Waals surface area (Å²) < 4.78 is 36.2. The van der Waals surface area contributed by atoms with Crippen LogP contribution in [0.4, 0.5) is 14.6 Å². The number of fused-ring (bicyclic) bond motifs is 2. The molecule has 1 aliphatic rings. The molecule has 8 nitrogen and oxygen atoms in total. The van der Waals surface area contributed by atoms with Gasteiger partial charge in [0.15, 0.2) is 5.82 Å². The van der Waals surface area contributed by atoms with Crippen molar-refractivity contribution in [1.82, 2.24) is 19.9 Å². The van der Waals surface area contributed by atoms with E-state index in [9.17, 15) is 14.3 Å². The Kier molecular flexibility index (Phi) is 6.26. The lowest BCUT2D eigenvalue weighted by Gasteiger charge is -2.40. The van der Waals surface area contributed by atoms with Crippen LogP contribution in [0.5, 0.6) is 11.8 Å². The number of aromatic hydroxyl groups is 1. The molecule has 10 heteroatoms. The molecule has 3 heterocycles. The van der Waals surface area contributed by atoms with Gasteiger partial charge in [0, 0.05) is 44.4 Å². The molecular formula is C27H27F2N5O3. The van der Waals surface area contributed by atoms with Crippen molar-refractivity contribution < 1.29 is 23.4 Å². The monoisotopic (exact) mass is 507 g/mol. The maximum Gasteiger partial charge on any atom is 0.318 e. The molecule has 0 radical (unpaired) electrons. The van der Waals surface area contributed by atoms with Crippen molar-refractivity contribution in [2.45, 2.75) is 33.2 Å². The van der Waals surface area contributed by atoms with Gasteiger partial charge in [0.05, 0.1) is 12.5 Å². The topological polar surface area (TPSA) is 91.7 Å². The molecule has 5 rings (SSSR count). The van der Waals surface area contributed by atoms with Gasteiger partial charge in [-0.1, -0.05) is 13.0 Å². The highest BCUT2D eigenvalue weighted by atomic mass is 19.1. The second-order valence-corrected chi connectivity index (χ2v) is 9.20. The Balaban J connectivity index is 1.71. The number of ether oxygens (including phenoxy) is 1. The van der Waals surface area contributed by atoms with Gasteiger partial charge in [-0.05, 0) is 47.9 Å². The normalized spacial score (nSPS) is 16.0. The van der Waals surface area contributed by atoms with Crippen LogP contribution in [-0.2, 0) is 11.2 Å². The van der Waals surface area contributed by atoms with Gasteiger partial charge in [-0.2, -0.15) is 9.97 Å². The van der Waals surface area contributed by atoms with Crippen LogP contribution in [0.25, 0.3) is 32.9 Å². The molecule has 37 heavy (non-hydrogen) atoms. The summed E-state index contributed by atoms with van der Waals surface area (Å²) in [5, 5.41) is 11.8. The number of amides is 1. The van der Waals surface area contributed by atoms with Crippen molar-refractivity contribution >= 4 is 33.4 Å². The van der Waals surface area contributed by atoms with E-state index in [1.54, 1.807) is 11.0 Å². The molecule has 192 valence electrons. The Bertz CT molecular complexity index is 1540. The summed E-state index contributed by atoms with van der Waals surface area (Å²) in [5.74, 6) is -0.774. The van der Waals surface area contributed by atoms with Gasteiger partial charge in [-0.25, -0.2) is 8.78 Å². The van der Waals surface area contributed by atoms with E-state index in [1.807, 2.05) is 18.7 Å². The number of rotatable bonds is 4. The van der Waals surface area contributed by atoms with Gasteiger partial charge in [-0.15, -0.1) is 0 Å². The average Bonchev–Trinajstić information content (AvgIpc) is 2.88. The maximum atomic E-state index is 16.2. The predicted molar refractivity (Wildman–Crippen MR) is 137 cm³/mol. The van der Waals surface area contributed by atoms with Crippen molar-refractivity contribution in [2.75, 3.05) is 31.6 Å². The number of anilines is 1. The van der Waals surface area contributed by atoms with E-state index in [0.717, 1.165) is 0 Å². The van der Waals surface area contributed by atoms with Gasteiger partial charge < -0.3 is 19.6 Å². The van der Waals surface area contributed by atoms with Crippen molar-refractivity contribution in [3.05, 3.63) is 47.7 Å². The van der Waals surface area contributed by atoms with Gasteiger partial charge in [0.25, 0.3) is 0 Å². The number of carbonyl (C=O) groups is 1. The highest BCUT2D eigenvalue weighted by molar-refractivity contribution is 6.01. The molecule has 0 saturated carbocycles. The van der Waals surface area contributed by atoms with Crippen LogP contribution in [0.1, 0.15) is 26.3 Å². The minimum atomic E-state index is -0.729. The fourth-order valence-electron chi connectivity index (χ4n) is 5.19. The number of hydrogen-bond donors (Lipinski definition) is 1. The zero-order valence-corrected chi connectivity index (χ0v) is 21.0. The second-order valence-electron chi connectivity index (χ2n) is 9.20.